The Balaban J connectivity index is 1.88. The van der Waals surface area contributed by atoms with Crippen molar-refractivity contribution in [3.8, 4) is 11.5 Å². The molecule has 30 heavy (non-hydrogen) atoms. The number of carbonyl (C=O) groups excluding carboxylic acids is 1. The summed E-state index contributed by atoms with van der Waals surface area (Å²) in [6.07, 6.45) is 0.0912. The Bertz CT molecular complexity index is 1250. The molecule has 2 aromatic carbocycles. The van der Waals surface area contributed by atoms with E-state index in [4.69, 9.17) is 20.9 Å². The van der Waals surface area contributed by atoms with Gasteiger partial charge in [0.15, 0.2) is 15.8 Å². The number of nitrogens with zero attached hydrogens (tertiary/aromatic N) is 2. The average molecular weight is 428 g/mol. The molecule has 0 bridgehead atoms. The predicted molar refractivity (Wildman–Crippen MR) is 112 cm³/mol. The maximum Gasteiger partial charge on any atom is 0.437 e. The third kappa shape index (κ3) is 5.23. The maximum atomic E-state index is 12.3. The van der Waals surface area contributed by atoms with E-state index in [-0.39, 0.29) is 17.3 Å². The van der Waals surface area contributed by atoms with Crippen LogP contribution in [0, 0.1) is 6.92 Å². The normalized spacial score (nSPS) is 11.1. The van der Waals surface area contributed by atoms with Crippen LogP contribution in [-0.4, -0.2) is 31.7 Å². The van der Waals surface area contributed by atoms with Gasteiger partial charge in [-0.05, 0) is 48.9 Å². The van der Waals surface area contributed by atoms with Crippen LogP contribution in [-0.2, 0) is 21.2 Å². The first kappa shape index (κ1) is 21.1. The molecule has 0 atom stereocenters. The number of aromatic nitrogens is 1. The van der Waals surface area contributed by atoms with Crippen molar-refractivity contribution in [3.05, 3.63) is 59.8 Å². The van der Waals surface area contributed by atoms with Gasteiger partial charge in [-0.25, -0.2) is 13.2 Å². The van der Waals surface area contributed by atoms with Gasteiger partial charge in [-0.3, -0.25) is 4.98 Å². The molecular weight excluding hydrogens is 408 g/mol. The van der Waals surface area contributed by atoms with E-state index in [9.17, 15) is 13.2 Å². The summed E-state index contributed by atoms with van der Waals surface area (Å²) in [5.41, 5.74) is 12.3. The quantitative estimate of drug-likeness (QED) is 0.466. The molecule has 0 spiro atoms. The van der Waals surface area contributed by atoms with Crippen LogP contribution in [0.3, 0.4) is 0 Å². The lowest BCUT2D eigenvalue weighted by Crippen LogP contribution is -2.24. The number of amides is 1. The van der Waals surface area contributed by atoms with Crippen LogP contribution in [0.1, 0.15) is 11.3 Å². The van der Waals surface area contributed by atoms with Crippen LogP contribution < -0.4 is 16.2 Å². The number of aryl methyl sites for hydroxylation is 1. The third-order valence-electron chi connectivity index (χ3n) is 4.02. The smallest absolute Gasteiger partial charge is 0.437 e. The van der Waals surface area contributed by atoms with Crippen LogP contribution >= 0.6 is 0 Å². The van der Waals surface area contributed by atoms with E-state index in [0.29, 0.717) is 11.3 Å². The first-order valence-electron chi connectivity index (χ1n) is 8.76. The Morgan fingerprint density at radius 3 is 2.57 bits per heavy atom. The molecule has 156 valence electrons. The van der Waals surface area contributed by atoms with Crippen LogP contribution in [0.2, 0.25) is 0 Å². The summed E-state index contributed by atoms with van der Waals surface area (Å²) in [7, 11) is -3.63. The molecule has 9 nitrogen and oxygen atoms in total. The molecular formula is C20H20N4O5S. The second-order valence-corrected chi connectivity index (χ2v) is 8.54. The van der Waals surface area contributed by atoms with E-state index in [2.05, 4.69) is 9.98 Å². The highest BCUT2D eigenvalue weighted by Crippen LogP contribution is 2.31. The molecule has 0 saturated carbocycles. The molecule has 0 saturated heterocycles. The molecule has 1 heterocycles. The molecule has 1 aromatic heterocycles. The zero-order valence-electron chi connectivity index (χ0n) is 16.3. The van der Waals surface area contributed by atoms with Crippen molar-refractivity contribution < 1.29 is 22.7 Å². The molecule has 3 rings (SSSR count). The van der Waals surface area contributed by atoms with Crippen molar-refractivity contribution in [3.63, 3.8) is 0 Å². The second kappa shape index (κ2) is 8.37. The highest BCUT2D eigenvalue weighted by molar-refractivity contribution is 7.90. The number of sulfone groups is 1. The summed E-state index contributed by atoms with van der Waals surface area (Å²) in [6, 6.07) is 13.5. The van der Waals surface area contributed by atoms with Crippen LogP contribution in [0.15, 0.2) is 58.4 Å². The zero-order chi connectivity index (χ0) is 21.9. The number of nitrogens with two attached hydrogens (primary N) is 2. The van der Waals surface area contributed by atoms with Gasteiger partial charge in [0.05, 0.1) is 5.52 Å². The van der Waals surface area contributed by atoms with Crippen LogP contribution in [0.4, 0.5) is 4.79 Å². The van der Waals surface area contributed by atoms with Gasteiger partial charge in [-0.2, -0.15) is 0 Å². The fraction of sp³-hybridized carbons (Fsp3) is 0.150. The van der Waals surface area contributed by atoms with Crippen molar-refractivity contribution in [2.24, 2.45) is 16.5 Å². The van der Waals surface area contributed by atoms with Crippen molar-refractivity contribution in [2.45, 2.75) is 18.4 Å². The highest BCUT2D eigenvalue weighted by atomic mass is 32.2. The fourth-order valence-electron chi connectivity index (χ4n) is 2.70. The van der Waals surface area contributed by atoms with E-state index in [1.165, 1.54) is 12.1 Å². The molecule has 4 N–H and O–H groups in total. The minimum absolute atomic E-state index is 0.0417. The van der Waals surface area contributed by atoms with Gasteiger partial charge < -0.3 is 20.9 Å². The molecule has 0 aliphatic rings. The standard InChI is InChI=1S/C20H20N4O5S/c1-12-3-5-14-10-15(6-7-16(14)23-12)29-17-8-4-13(9-18(17)30(2,26)27)11-28-20(25)24-19(21)22/h3-10H,11H2,1-2H3,(H4,21,22,24,25). The number of hydrogen-bond acceptors (Lipinski definition) is 6. The predicted octanol–water partition coefficient (Wildman–Crippen LogP) is 2.65. The summed E-state index contributed by atoms with van der Waals surface area (Å²) in [4.78, 5) is 19.0. The number of hydrogen-bond donors (Lipinski definition) is 2. The molecule has 10 heteroatoms. The van der Waals surface area contributed by atoms with E-state index in [1.54, 1.807) is 24.3 Å². The minimum Gasteiger partial charge on any atom is -0.456 e. The molecule has 1 amide bonds. The van der Waals surface area contributed by atoms with Crippen molar-refractivity contribution in [1.82, 2.24) is 4.98 Å². The Hall–Kier alpha value is -3.66. The number of ether oxygens (including phenoxy) is 2. The summed E-state index contributed by atoms with van der Waals surface area (Å²) in [6.45, 7) is 1.69. The maximum absolute atomic E-state index is 12.3. The van der Waals surface area contributed by atoms with E-state index in [0.717, 1.165) is 22.9 Å². The monoisotopic (exact) mass is 428 g/mol. The fourth-order valence-corrected chi connectivity index (χ4v) is 3.54. The zero-order valence-corrected chi connectivity index (χ0v) is 17.1. The molecule has 0 unspecified atom stereocenters. The van der Waals surface area contributed by atoms with Gasteiger partial charge in [0, 0.05) is 17.3 Å². The number of guanidine groups is 1. The number of benzene rings is 2. The van der Waals surface area contributed by atoms with Crippen LogP contribution in [0.5, 0.6) is 11.5 Å². The number of carbonyl (C=O) groups is 1. The lowest BCUT2D eigenvalue weighted by Gasteiger charge is -2.12. The lowest BCUT2D eigenvalue weighted by molar-refractivity contribution is 0.150. The van der Waals surface area contributed by atoms with Crippen molar-refractivity contribution in [1.29, 1.82) is 0 Å². The minimum atomic E-state index is -3.63. The van der Waals surface area contributed by atoms with Gasteiger partial charge >= 0.3 is 6.09 Å². The largest absolute Gasteiger partial charge is 0.456 e. The number of fused-ring (bicyclic) bond motifs is 1. The lowest BCUT2D eigenvalue weighted by atomic mass is 10.2. The topological polar surface area (TPSA) is 147 Å². The molecule has 0 fully saturated rings. The van der Waals surface area contributed by atoms with Gasteiger partial charge in [0.25, 0.3) is 0 Å². The van der Waals surface area contributed by atoms with E-state index in [1.807, 2.05) is 19.1 Å². The van der Waals surface area contributed by atoms with E-state index >= 15 is 0 Å². The van der Waals surface area contributed by atoms with Crippen LogP contribution in [0.25, 0.3) is 10.9 Å². The number of rotatable bonds is 5. The second-order valence-electron chi connectivity index (χ2n) is 6.55. The average Bonchev–Trinajstić information content (AvgIpc) is 2.66. The number of pyridine rings is 1. The SMILES string of the molecule is Cc1ccc2cc(Oc3ccc(COC(=O)N=C(N)N)cc3S(C)(=O)=O)ccc2n1. The first-order valence-corrected chi connectivity index (χ1v) is 10.7. The Labute approximate surface area is 173 Å². The van der Waals surface area contributed by atoms with Crippen molar-refractivity contribution in [2.75, 3.05) is 6.26 Å². The van der Waals surface area contributed by atoms with Gasteiger partial charge in [-0.15, -0.1) is 4.99 Å². The van der Waals surface area contributed by atoms with Gasteiger partial charge in [-0.1, -0.05) is 12.1 Å². The van der Waals surface area contributed by atoms with Gasteiger partial charge in [0.1, 0.15) is 23.0 Å². The van der Waals surface area contributed by atoms with Gasteiger partial charge in [0.2, 0.25) is 0 Å². The molecule has 0 aliphatic heterocycles. The van der Waals surface area contributed by atoms with Crippen molar-refractivity contribution >= 4 is 32.8 Å². The summed E-state index contributed by atoms with van der Waals surface area (Å²) in [5, 5.41) is 0.863. The third-order valence-corrected chi connectivity index (χ3v) is 5.14. The molecule has 0 aliphatic carbocycles. The summed E-state index contributed by atoms with van der Waals surface area (Å²) >= 11 is 0. The first-order chi connectivity index (χ1) is 14.1. The number of aliphatic imine (C=N–C) groups is 1. The summed E-state index contributed by atoms with van der Waals surface area (Å²) < 4.78 is 35.3. The van der Waals surface area contributed by atoms with E-state index < -0.39 is 21.9 Å². The Morgan fingerprint density at radius 2 is 1.87 bits per heavy atom. The highest BCUT2D eigenvalue weighted by Gasteiger charge is 2.17. The molecule has 3 aromatic rings. The Morgan fingerprint density at radius 1 is 1.10 bits per heavy atom. The molecule has 0 radical (unpaired) electrons. The Kier molecular flexibility index (Phi) is 5.88. The summed E-state index contributed by atoms with van der Waals surface area (Å²) in [5.74, 6) is 0.183.